The van der Waals surface area contributed by atoms with E-state index < -0.39 is 0 Å². The minimum atomic E-state index is 0.483. The number of nitriles is 1. The lowest BCUT2D eigenvalue weighted by atomic mass is 10.1. The Bertz CT molecular complexity index is 710. The monoisotopic (exact) mass is 315 g/mol. The van der Waals surface area contributed by atoms with Crippen molar-refractivity contribution in [1.82, 2.24) is 4.98 Å². The highest BCUT2D eigenvalue weighted by atomic mass is 35.5. The van der Waals surface area contributed by atoms with Gasteiger partial charge in [-0.3, -0.25) is 0 Å². The van der Waals surface area contributed by atoms with Crippen LogP contribution in [0, 0.1) is 25.2 Å². The highest BCUT2D eigenvalue weighted by molar-refractivity contribution is 6.30. The van der Waals surface area contributed by atoms with Gasteiger partial charge < -0.3 is 9.64 Å². The van der Waals surface area contributed by atoms with Gasteiger partial charge in [0.05, 0.1) is 12.1 Å². The van der Waals surface area contributed by atoms with Crippen molar-refractivity contribution < 1.29 is 4.74 Å². The Labute approximate surface area is 135 Å². The number of hydrogen-bond acceptors (Lipinski definition) is 4. The minimum Gasteiger partial charge on any atom is -0.492 e. The summed E-state index contributed by atoms with van der Waals surface area (Å²) in [5.74, 6) is 1.42. The largest absolute Gasteiger partial charge is 0.492 e. The SMILES string of the molecule is Cc1cc(C)c(C#N)c(N(C)CCOc2cccc(Cl)c2)n1. The minimum absolute atomic E-state index is 0.483. The topological polar surface area (TPSA) is 49.2 Å². The molecule has 0 saturated carbocycles. The lowest BCUT2D eigenvalue weighted by molar-refractivity contribution is 0.325. The molecule has 0 fully saturated rings. The van der Waals surface area contributed by atoms with Crippen LogP contribution in [-0.2, 0) is 0 Å². The number of anilines is 1. The zero-order chi connectivity index (χ0) is 16.1. The average molecular weight is 316 g/mol. The van der Waals surface area contributed by atoms with E-state index in [-0.39, 0.29) is 0 Å². The van der Waals surface area contributed by atoms with Crippen LogP contribution in [0.2, 0.25) is 5.02 Å². The van der Waals surface area contributed by atoms with Crippen LogP contribution in [0.1, 0.15) is 16.8 Å². The Balaban J connectivity index is 2.04. The Morgan fingerprint density at radius 2 is 2.09 bits per heavy atom. The van der Waals surface area contributed by atoms with Crippen molar-refractivity contribution in [1.29, 1.82) is 5.26 Å². The molecule has 0 radical (unpaired) electrons. The molecule has 2 rings (SSSR count). The number of aromatic nitrogens is 1. The molecule has 0 aliphatic heterocycles. The summed E-state index contributed by atoms with van der Waals surface area (Å²) in [6.45, 7) is 4.95. The summed E-state index contributed by atoms with van der Waals surface area (Å²) in [5, 5.41) is 9.96. The second-order valence-corrected chi connectivity index (χ2v) is 5.55. The molecule has 0 N–H and O–H groups in total. The summed E-state index contributed by atoms with van der Waals surface area (Å²) in [6.07, 6.45) is 0. The van der Waals surface area contributed by atoms with Gasteiger partial charge in [0.15, 0.2) is 0 Å². The molecule has 1 aromatic carbocycles. The predicted octanol–water partition coefficient (Wildman–Crippen LogP) is 3.74. The molecule has 4 nitrogen and oxygen atoms in total. The maximum Gasteiger partial charge on any atom is 0.146 e. The van der Waals surface area contributed by atoms with Crippen molar-refractivity contribution in [3.8, 4) is 11.8 Å². The molecule has 0 amide bonds. The molecule has 0 saturated heterocycles. The molecule has 2 aromatic rings. The maximum atomic E-state index is 9.31. The van der Waals surface area contributed by atoms with E-state index in [1.807, 2.05) is 44.0 Å². The van der Waals surface area contributed by atoms with E-state index in [0.29, 0.717) is 29.6 Å². The van der Waals surface area contributed by atoms with Gasteiger partial charge in [-0.2, -0.15) is 5.26 Å². The zero-order valence-electron chi connectivity index (χ0n) is 12.9. The van der Waals surface area contributed by atoms with Crippen LogP contribution in [0.25, 0.3) is 0 Å². The fraction of sp³-hybridized carbons (Fsp3) is 0.294. The second-order valence-electron chi connectivity index (χ2n) is 5.12. The fourth-order valence-corrected chi connectivity index (χ4v) is 2.37. The molecule has 0 atom stereocenters. The van der Waals surface area contributed by atoms with E-state index in [9.17, 15) is 5.26 Å². The molecule has 0 spiro atoms. The predicted molar refractivity (Wildman–Crippen MR) is 88.6 cm³/mol. The first-order valence-corrected chi connectivity index (χ1v) is 7.37. The summed E-state index contributed by atoms with van der Waals surface area (Å²) in [4.78, 5) is 6.40. The van der Waals surface area contributed by atoms with Gasteiger partial charge in [0.2, 0.25) is 0 Å². The molecule has 0 bridgehead atoms. The normalized spacial score (nSPS) is 10.1. The number of rotatable bonds is 5. The van der Waals surface area contributed by atoms with Crippen LogP contribution in [-0.4, -0.2) is 25.2 Å². The van der Waals surface area contributed by atoms with Gasteiger partial charge in [0.25, 0.3) is 0 Å². The number of halogens is 1. The van der Waals surface area contributed by atoms with Gasteiger partial charge in [-0.15, -0.1) is 0 Å². The van der Waals surface area contributed by atoms with Crippen LogP contribution in [0.3, 0.4) is 0 Å². The molecule has 22 heavy (non-hydrogen) atoms. The lowest BCUT2D eigenvalue weighted by Crippen LogP contribution is -2.26. The molecular weight excluding hydrogens is 298 g/mol. The van der Waals surface area contributed by atoms with Crippen molar-refractivity contribution in [2.45, 2.75) is 13.8 Å². The van der Waals surface area contributed by atoms with Crippen molar-refractivity contribution in [2.75, 3.05) is 25.1 Å². The highest BCUT2D eigenvalue weighted by Gasteiger charge is 2.12. The van der Waals surface area contributed by atoms with Crippen LogP contribution >= 0.6 is 11.6 Å². The van der Waals surface area contributed by atoms with Gasteiger partial charge in [0.1, 0.15) is 24.2 Å². The van der Waals surface area contributed by atoms with Gasteiger partial charge in [-0.05, 0) is 43.7 Å². The summed E-state index contributed by atoms with van der Waals surface area (Å²) in [6, 6.07) is 11.4. The van der Waals surface area contributed by atoms with Gasteiger partial charge in [-0.1, -0.05) is 17.7 Å². The Morgan fingerprint density at radius 1 is 1.32 bits per heavy atom. The number of hydrogen-bond donors (Lipinski definition) is 0. The number of likely N-dealkylation sites (N-methyl/N-ethyl adjacent to an activating group) is 1. The van der Waals surface area contributed by atoms with Crippen molar-refractivity contribution >= 4 is 17.4 Å². The average Bonchev–Trinajstić information content (AvgIpc) is 2.46. The van der Waals surface area contributed by atoms with E-state index in [1.165, 1.54) is 0 Å². The quantitative estimate of drug-likeness (QED) is 0.843. The Morgan fingerprint density at radius 3 is 2.77 bits per heavy atom. The molecule has 114 valence electrons. The lowest BCUT2D eigenvalue weighted by Gasteiger charge is -2.21. The molecule has 0 aliphatic carbocycles. The van der Waals surface area contributed by atoms with Crippen molar-refractivity contribution in [3.05, 3.63) is 52.2 Å². The van der Waals surface area contributed by atoms with Crippen molar-refractivity contribution in [2.24, 2.45) is 0 Å². The third-order valence-corrected chi connectivity index (χ3v) is 3.53. The van der Waals surface area contributed by atoms with Crippen LogP contribution in [0.15, 0.2) is 30.3 Å². The molecule has 5 heteroatoms. The van der Waals surface area contributed by atoms with E-state index >= 15 is 0 Å². The van der Waals surface area contributed by atoms with Gasteiger partial charge >= 0.3 is 0 Å². The smallest absolute Gasteiger partial charge is 0.146 e. The second kappa shape index (κ2) is 7.15. The first-order chi connectivity index (χ1) is 10.5. The molecule has 0 unspecified atom stereocenters. The van der Waals surface area contributed by atoms with Crippen molar-refractivity contribution in [3.63, 3.8) is 0 Å². The molecule has 0 aliphatic rings. The number of benzene rings is 1. The van der Waals surface area contributed by atoms with Crippen LogP contribution < -0.4 is 9.64 Å². The number of ether oxygens (including phenoxy) is 1. The number of aryl methyl sites for hydroxylation is 2. The zero-order valence-corrected chi connectivity index (χ0v) is 13.7. The highest BCUT2D eigenvalue weighted by Crippen LogP contribution is 2.21. The van der Waals surface area contributed by atoms with E-state index in [4.69, 9.17) is 16.3 Å². The van der Waals surface area contributed by atoms with Gasteiger partial charge in [0, 0.05) is 17.8 Å². The third-order valence-electron chi connectivity index (χ3n) is 3.29. The first kappa shape index (κ1) is 16.1. The third kappa shape index (κ3) is 3.90. The molecular formula is C17H18ClN3O. The summed E-state index contributed by atoms with van der Waals surface area (Å²) in [5.41, 5.74) is 2.44. The summed E-state index contributed by atoms with van der Waals surface area (Å²) < 4.78 is 5.68. The molecule has 1 heterocycles. The first-order valence-electron chi connectivity index (χ1n) is 6.99. The van der Waals surface area contributed by atoms with Gasteiger partial charge in [-0.25, -0.2) is 4.98 Å². The number of nitrogens with zero attached hydrogens (tertiary/aromatic N) is 3. The Hall–Kier alpha value is -2.25. The van der Waals surface area contributed by atoms with Crippen LogP contribution in [0.5, 0.6) is 5.75 Å². The number of pyridine rings is 1. The van der Waals surface area contributed by atoms with E-state index in [1.54, 1.807) is 12.1 Å². The van der Waals surface area contributed by atoms with Crippen LogP contribution in [0.4, 0.5) is 5.82 Å². The standard InChI is InChI=1S/C17H18ClN3O/c1-12-9-13(2)20-17(16(12)11-19)21(3)7-8-22-15-6-4-5-14(18)10-15/h4-6,9-10H,7-8H2,1-3H3. The molecule has 1 aromatic heterocycles. The fourth-order valence-electron chi connectivity index (χ4n) is 2.19. The Kier molecular flexibility index (Phi) is 5.24. The van der Waals surface area contributed by atoms with E-state index in [2.05, 4.69) is 11.1 Å². The summed E-state index contributed by atoms with van der Waals surface area (Å²) >= 11 is 5.92. The van der Waals surface area contributed by atoms with E-state index in [0.717, 1.165) is 17.0 Å². The maximum absolute atomic E-state index is 9.31. The summed E-state index contributed by atoms with van der Waals surface area (Å²) in [7, 11) is 1.91.